The van der Waals surface area contributed by atoms with Gasteiger partial charge >= 0.3 is 6.18 Å². The van der Waals surface area contributed by atoms with Crippen LogP contribution in [-0.2, 0) is 12.7 Å². The van der Waals surface area contributed by atoms with E-state index in [0.29, 0.717) is 11.6 Å². The fourth-order valence-corrected chi connectivity index (χ4v) is 2.74. The van der Waals surface area contributed by atoms with Gasteiger partial charge in [0.25, 0.3) is 0 Å². The number of alkyl halides is 3. The van der Waals surface area contributed by atoms with Gasteiger partial charge in [-0.1, -0.05) is 25.1 Å². The zero-order chi connectivity index (χ0) is 14.6. The Morgan fingerprint density at radius 3 is 2.70 bits per heavy atom. The molecule has 0 fully saturated rings. The minimum absolute atomic E-state index is 0.145. The number of hydrogen-bond donors (Lipinski definition) is 1. The Balaban J connectivity index is 2.24. The highest BCUT2D eigenvalue weighted by Gasteiger charge is 2.33. The highest BCUT2D eigenvalue weighted by Crippen LogP contribution is 2.38. The molecule has 1 aromatic heterocycles. The Bertz CT molecular complexity index is 564. The summed E-state index contributed by atoms with van der Waals surface area (Å²) in [5, 5.41) is 3.62. The van der Waals surface area contributed by atoms with E-state index in [0.717, 1.165) is 23.9 Å². The van der Waals surface area contributed by atoms with Crippen LogP contribution in [0.25, 0.3) is 10.6 Å². The molecule has 1 N–H and O–H groups in total. The Hall–Kier alpha value is -1.40. The zero-order valence-electron chi connectivity index (χ0n) is 11.0. The second-order valence-corrected chi connectivity index (χ2v) is 5.47. The maximum Gasteiger partial charge on any atom is 0.417 e. The van der Waals surface area contributed by atoms with E-state index in [2.05, 4.69) is 17.2 Å². The Kier molecular flexibility index (Phi) is 4.77. The predicted octanol–water partition coefficient (Wildman–Crippen LogP) is 4.33. The fraction of sp³-hybridized carbons (Fsp3) is 0.357. The molecule has 0 saturated heterocycles. The third kappa shape index (κ3) is 3.58. The number of aromatic nitrogens is 1. The number of thiazole rings is 1. The molecule has 1 aromatic carbocycles. The Morgan fingerprint density at radius 2 is 2.00 bits per heavy atom. The predicted molar refractivity (Wildman–Crippen MR) is 74.5 cm³/mol. The van der Waals surface area contributed by atoms with Gasteiger partial charge in [-0.25, -0.2) is 4.98 Å². The first-order valence-corrected chi connectivity index (χ1v) is 7.16. The molecule has 0 aliphatic carbocycles. The van der Waals surface area contributed by atoms with Crippen molar-refractivity contribution < 1.29 is 13.2 Å². The van der Waals surface area contributed by atoms with E-state index in [-0.39, 0.29) is 5.56 Å². The molecule has 0 unspecified atom stereocenters. The van der Waals surface area contributed by atoms with Crippen molar-refractivity contribution in [3.8, 4) is 10.6 Å². The van der Waals surface area contributed by atoms with Crippen LogP contribution in [0.4, 0.5) is 13.2 Å². The van der Waals surface area contributed by atoms with E-state index in [1.807, 2.05) is 0 Å². The van der Waals surface area contributed by atoms with Crippen molar-refractivity contribution in [3.05, 3.63) is 40.9 Å². The third-order valence-corrected chi connectivity index (χ3v) is 3.77. The molecule has 0 atom stereocenters. The molecule has 2 aromatic rings. The quantitative estimate of drug-likeness (QED) is 0.831. The molecule has 2 nitrogen and oxygen atoms in total. The first-order chi connectivity index (χ1) is 9.52. The summed E-state index contributed by atoms with van der Waals surface area (Å²) >= 11 is 1.29. The lowest BCUT2D eigenvalue weighted by Crippen LogP contribution is -2.12. The zero-order valence-corrected chi connectivity index (χ0v) is 11.8. The topological polar surface area (TPSA) is 24.9 Å². The summed E-state index contributed by atoms with van der Waals surface area (Å²) in [6, 6.07) is 5.54. The normalized spacial score (nSPS) is 11.8. The van der Waals surface area contributed by atoms with Gasteiger partial charge in [0, 0.05) is 23.2 Å². The third-order valence-electron chi connectivity index (χ3n) is 2.74. The van der Waals surface area contributed by atoms with Crippen LogP contribution in [0.15, 0.2) is 30.5 Å². The van der Waals surface area contributed by atoms with Crippen molar-refractivity contribution in [2.75, 3.05) is 6.54 Å². The van der Waals surface area contributed by atoms with Crippen molar-refractivity contribution in [2.24, 2.45) is 0 Å². The van der Waals surface area contributed by atoms with E-state index >= 15 is 0 Å². The van der Waals surface area contributed by atoms with Crippen molar-refractivity contribution >= 4 is 11.3 Å². The van der Waals surface area contributed by atoms with Crippen LogP contribution in [0.2, 0.25) is 0 Å². The van der Waals surface area contributed by atoms with Gasteiger partial charge in [0.05, 0.1) is 5.56 Å². The van der Waals surface area contributed by atoms with Gasteiger partial charge in [-0.05, 0) is 19.0 Å². The number of nitrogens with zero attached hydrogens (tertiary/aromatic N) is 1. The van der Waals surface area contributed by atoms with Gasteiger partial charge in [0.15, 0.2) is 0 Å². The first-order valence-electron chi connectivity index (χ1n) is 6.34. The molecule has 6 heteroatoms. The lowest BCUT2D eigenvalue weighted by Gasteiger charge is -2.10. The molecule has 0 amide bonds. The van der Waals surface area contributed by atoms with Crippen LogP contribution in [-0.4, -0.2) is 11.5 Å². The number of hydrogen-bond acceptors (Lipinski definition) is 3. The van der Waals surface area contributed by atoms with Gasteiger partial charge in [-0.3, -0.25) is 0 Å². The summed E-state index contributed by atoms with van der Waals surface area (Å²) in [6.45, 7) is 3.58. The van der Waals surface area contributed by atoms with Crippen LogP contribution < -0.4 is 5.32 Å². The van der Waals surface area contributed by atoms with Crippen LogP contribution >= 0.6 is 11.3 Å². The number of nitrogens with one attached hydrogen (secondary N) is 1. The lowest BCUT2D eigenvalue weighted by atomic mass is 10.1. The molecule has 0 saturated carbocycles. The maximum absolute atomic E-state index is 13.0. The highest BCUT2D eigenvalue weighted by molar-refractivity contribution is 7.15. The van der Waals surface area contributed by atoms with Crippen molar-refractivity contribution in [1.82, 2.24) is 10.3 Å². The van der Waals surface area contributed by atoms with Crippen LogP contribution in [0, 0.1) is 0 Å². The SMILES string of the molecule is CCCNCc1cnc(-c2ccccc2C(F)(F)F)s1. The second kappa shape index (κ2) is 6.37. The summed E-state index contributed by atoms with van der Waals surface area (Å²) in [5.74, 6) is 0. The van der Waals surface area contributed by atoms with Crippen molar-refractivity contribution in [2.45, 2.75) is 26.1 Å². The molecule has 0 spiro atoms. The molecule has 108 valence electrons. The molecule has 0 radical (unpaired) electrons. The van der Waals surface area contributed by atoms with E-state index in [1.165, 1.54) is 23.5 Å². The van der Waals surface area contributed by atoms with Crippen LogP contribution in [0.5, 0.6) is 0 Å². The summed E-state index contributed by atoms with van der Waals surface area (Å²) in [7, 11) is 0. The molecule has 0 bridgehead atoms. The minimum Gasteiger partial charge on any atom is -0.312 e. The largest absolute Gasteiger partial charge is 0.417 e. The van der Waals surface area contributed by atoms with Gasteiger partial charge in [0.2, 0.25) is 0 Å². The van der Waals surface area contributed by atoms with Gasteiger partial charge in [-0.15, -0.1) is 11.3 Å². The number of halogens is 3. The van der Waals surface area contributed by atoms with Crippen molar-refractivity contribution in [3.63, 3.8) is 0 Å². The molecule has 20 heavy (non-hydrogen) atoms. The summed E-state index contributed by atoms with van der Waals surface area (Å²) in [4.78, 5) is 5.05. The minimum atomic E-state index is -4.36. The molecule has 0 aliphatic heterocycles. The molecule has 0 aliphatic rings. The molecule has 2 rings (SSSR count). The number of benzene rings is 1. The maximum atomic E-state index is 13.0. The lowest BCUT2D eigenvalue weighted by molar-refractivity contribution is -0.137. The summed E-state index contributed by atoms with van der Waals surface area (Å²) in [5.41, 5.74) is -0.492. The van der Waals surface area contributed by atoms with E-state index in [1.54, 1.807) is 12.3 Å². The molecular weight excluding hydrogens is 285 g/mol. The standard InChI is InChI=1S/C14H15F3N2S/c1-2-7-18-8-10-9-19-13(20-10)11-5-3-4-6-12(11)14(15,16)17/h3-6,9,18H,2,7-8H2,1H3. The van der Waals surface area contributed by atoms with E-state index in [4.69, 9.17) is 0 Å². The van der Waals surface area contributed by atoms with E-state index < -0.39 is 11.7 Å². The van der Waals surface area contributed by atoms with E-state index in [9.17, 15) is 13.2 Å². The van der Waals surface area contributed by atoms with Gasteiger partial charge < -0.3 is 5.32 Å². The summed E-state index contributed by atoms with van der Waals surface area (Å²) in [6.07, 6.45) is -1.71. The Labute approximate surface area is 119 Å². The number of rotatable bonds is 5. The smallest absolute Gasteiger partial charge is 0.312 e. The monoisotopic (exact) mass is 300 g/mol. The highest BCUT2D eigenvalue weighted by atomic mass is 32.1. The van der Waals surface area contributed by atoms with Gasteiger partial charge in [0.1, 0.15) is 5.01 Å². The average molecular weight is 300 g/mol. The van der Waals surface area contributed by atoms with Crippen LogP contribution in [0.3, 0.4) is 0 Å². The molecule has 1 heterocycles. The van der Waals surface area contributed by atoms with Crippen molar-refractivity contribution in [1.29, 1.82) is 0 Å². The Morgan fingerprint density at radius 1 is 1.25 bits per heavy atom. The van der Waals surface area contributed by atoms with Gasteiger partial charge in [-0.2, -0.15) is 13.2 Å². The summed E-state index contributed by atoms with van der Waals surface area (Å²) < 4.78 is 38.9. The first kappa shape index (κ1) is 15.0. The molecular formula is C14H15F3N2S. The average Bonchev–Trinajstić information content (AvgIpc) is 2.87. The second-order valence-electron chi connectivity index (χ2n) is 4.35. The van der Waals surface area contributed by atoms with Crippen LogP contribution in [0.1, 0.15) is 23.8 Å². The fourth-order valence-electron chi connectivity index (χ4n) is 1.82.